The average molecular weight is 590 g/mol. The number of rotatable bonds is 8. The monoisotopic (exact) mass is 589 g/mol. The minimum Gasteiger partial charge on any atom is -0.457 e. The number of carbonyl (C=O) groups excluding carboxylic acids is 5. The van der Waals surface area contributed by atoms with Gasteiger partial charge in [-0.3, -0.25) is 19.3 Å². The zero-order valence-corrected chi connectivity index (χ0v) is 23.5. The molecule has 9 heteroatoms. The summed E-state index contributed by atoms with van der Waals surface area (Å²) in [7, 11) is 0. The predicted octanol–water partition coefficient (Wildman–Crippen LogP) is 5.47. The SMILES string of the molecule is O=C(COC(=O)c1ccc(N2C(=O)[C@@H]3[C@H]4C[C@H]([C@H]3C2=O)[C@H](c2ccccc2)C4)cc1)c1ccc(OC(=O)c2ccco2)cc1. The predicted molar refractivity (Wildman–Crippen MR) is 156 cm³/mol. The van der Waals surface area contributed by atoms with Crippen molar-refractivity contribution in [1.82, 2.24) is 0 Å². The molecule has 0 radical (unpaired) electrons. The van der Waals surface area contributed by atoms with Crippen LogP contribution in [0.25, 0.3) is 0 Å². The Labute approximate surface area is 252 Å². The molecule has 9 nitrogen and oxygen atoms in total. The highest BCUT2D eigenvalue weighted by atomic mass is 16.5. The lowest BCUT2D eigenvalue weighted by Gasteiger charge is -2.28. The number of benzene rings is 3. The Morgan fingerprint density at radius 3 is 2.16 bits per heavy atom. The van der Waals surface area contributed by atoms with E-state index in [0.717, 1.165) is 12.8 Å². The van der Waals surface area contributed by atoms with Crippen LogP contribution in [0.2, 0.25) is 0 Å². The maximum Gasteiger partial charge on any atom is 0.379 e. The molecule has 1 aliphatic heterocycles. The van der Waals surface area contributed by atoms with E-state index in [1.807, 2.05) is 18.2 Å². The number of Topliss-reactive ketones (excluding diaryl/α,β-unsaturated/α-hetero) is 1. The fourth-order valence-corrected chi connectivity index (χ4v) is 7.10. The molecule has 2 bridgehead atoms. The molecular weight excluding hydrogens is 562 g/mol. The molecule has 5 atom stereocenters. The first-order valence-electron chi connectivity index (χ1n) is 14.5. The molecule has 2 heterocycles. The van der Waals surface area contributed by atoms with Crippen LogP contribution in [0.3, 0.4) is 0 Å². The number of fused-ring (bicyclic) bond motifs is 5. The Hall–Kier alpha value is -5.31. The fourth-order valence-electron chi connectivity index (χ4n) is 7.10. The van der Waals surface area contributed by atoms with Gasteiger partial charge in [-0.25, -0.2) is 9.59 Å². The number of imide groups is 1. The Balaban J connectivity index is 0.958. The summed E-state index contributed by atoms with van der Waals surface area (Å²) in [5, 5.41) is 0. The molecule has 2 amide bonds. The van der Waals surface area contributed by atoms with Crippen molar-refractivity contribution < 1.29 is 37.9 Å². The Kier molecular flexibility index (Phi) is 6.93. The van der Waals surface area contributed by atoms with Gasteiger partial charge in [0.05, 0.1) is 29.3 Å². The van der Waals surface area contributed by atoms with Gasteiger partial charge in [0, 0.05) is 5.56 Å². The van der Waals surface area contributed by atoms with Crippen LogP contribution >= 0.6 is 0 Å². The quantitative estimate of drug-likeness (QED) is 0.115. The third kappa shape index (κ3) is 4.80. The fraction of sp³-hybridized carbons (Fsp3) is 0.229. The molecule has 44 heavy (non-hydrogen) atoms. The van der Waals surface area contributed by atoms with Crippen LogP contribution in [0.5, 0.6) is 5.75 Å². The highest BCUT2D eigenvalue weighted by molar-refractivity contribution is 6.22. The molecule has 7 rings (SSSR count). The van der Waals surface area contributed by atoms with Gasteiger partial charge < -0.3 is 13.9 Å². The van der Waals surface area contributed by atoms with Gasteiger partial charge in [-0.2, -0.15) is 0 Å². The van der Waals surface area contributed by atoms with E-state index in [1.165, 1.54) is 59.2 Å². The zero-order chi connectivity index (χ0) is 30.4. The number of esters is 2. The molecule has 1 aromatic heterocycles. The first kappa shape index (κ1) is 27.5. The summed E-state index contributed by atoms with van der Waals surface area (Å²) in [4.78, 5) is 65.5. The summed E-state index contributed by atoms with van der Waals surface area (Å²) >= 11 is 0. The van der Waals surface area contributed by atoms with Crippen molar-refractivity contribution in [3.8, 4) is 5.75 Å². The van der Waals surface area contributed by atoms with Crippen LogP contribution < -0.4 is 9.64 Å². The van der Waals surface area contributed by atoms with E-state index >= 15 is 0 Å². The van der Waals surface area contributed by atoms with E-state index in [0.29, 0.717) is 5.69 Å². The lowest BCUT2D eigenvalue weighted by Crippen LogP contribution is -2.33. The number of hydrogen-bond acceptors (Lipinski definition) is 8. The third-order valence-electron chi connectivity index (χ3n) is 9.05. The molecule has 3 aromatic carbocycles. The zero-order valence-electron chi connectivity index (χ0n) is 23.5. The van der Waals surface area contributed by atoms with Gasteiger partial charge in [-0.1, -0.05) is 30.3 Å². The second-order valence-corrected chi connectivity index (χ2v) is 11.4. The lowest BCUT2D eigenvalue weighted by molar-refractivity contribution is -0.123. The number of ether oxygens (including phenoxy) is 2. The minimum absolute atomic E-state index is 0.0511. The van der Waals surface area contributed by atoms with Gasteiger partial charge >= 0.3 is 11.9 Å². The topological polar surface area (TPSA) is 120 Å². The molecule has 220 valence electrons. The normalized spacial score (nSPS) is 23.5. The summed E-state index contributed by atoms with van der Waals surface area (Å²) in [6.45, 7) is -0.496. The van der Waals surface area contributed by atoms with Crippen molar-refractivity contribution in [3.63, 3.8) is 0 Å². The molecule has 3 aliphatic rings. The smallest absolute Gasteiger partial charge is 0.379 e. The number of hydrogen-bond donors (Lipinski definition) is 0. The number of anilines is 1. The average Bonchev–Trinajstić information content (AvgIpc) is 3.85. The number of carbonyl (C=O) groups is 5. The van der Waals surface area contributed by atoms with Crippen LogP contribution in [-0.2, 0) is 14.3 Å². The summed E-state index contributed by atoms with van der Waals surface area (Å²) in [6, 6.07) is 25.2. The molecule has 0 N–H and O–H groups in total. The van der Waals surface area contributed by atoms with Gasteiger partial charge in [0.1, 0.15) is 5.75 Å². The van der Waals surface area contributed by atoms with E-state index in [2.05, 4.69) is 12.1 Å². The number of nitrogens with zero attached hydrogens (tertiary/aromatic N) is 1. The van der Waals surface area contributed by atoms with E-state index in [1.54, 1.807) is 18.2 Å². The Bertz CT molecular complexity index is 1740. The largest absolute Gasteiger partial charge is 0.457 e. The molecule has 0 spiro atoms. The first-order chi connectivity index (χ1) is 21.4. The van der Waals surface area contributed by atoms with Crippen LogP contribution in [-0.4, -0.2) is 36.1 Å². The number of amides is 2. The van der Waals surface area contributed by atoms with Crippen molar-refractivity contribution in [2.75, 3.05) is 11.5 Å². The van der Waals surface area contributed by atoms with Crippen LogP contribution in [0.1, 0.15) is 55.6 Å². The number of furan rings is 1. The van der Waals surface area contributed by atoms with Gasteiger partial charge in [0.2, 0.25) is 17.6 Å². The minimum atomic E-state index is -0.714. The second-order valence-electron chi connectivity index (χ2n) is 11.4. The molecule has 2 saturated carbocycles. The van der Waals surface area contributed by atoms with E-state index in [-0.39, 0.29) is 64.0 Å². The Morgan fingerprint density at radius 1 is 0.750 bits per heavy atom. The van der Waals surface area contributed by atoms with Gasteiger partial charge in [0.25, 0.3) is 0 Å². The highest BCUT2D eigenvalue weighted by Gasteiger charge is 2.64. The van der Waals surface area contributed by atoms with Crippen LogP contribution in [0.15, 0.2) is 102 Å². The molecule has 0 unspecified atom stereocenters. The molecule has 1 saturated heterocycles. The van der Waals surface area contributed by atoms with Gasteiger partial charge in [-0.15, -0.1) is 0 Å². The summed E-state index contributed by atoms with van der Waals surface area (Å²) < 4.78 is 15.4. The van der Waals surface area contributed by atoms with E-state index in [9.17, 15) is 24.0 Å². The maximum atomic E-state index is 13.6. The van der Waals surface area contributed by atoms with Crippen LogP contribution in [0.4, 0.5) is 5.69 Å². The highest BCUT2D eigenvalue weighted by Crippen LogP contribution is 2.61. The Morgan fingerprint density at radius 2 is 1.45 bits per heavy atom. The van der Waals surface area contributed by atoms with Crippen molar-refractivity contribution in [3.05, 3.63) is 120 Å². The van der Waals surface area contributed by atoms with E-state index in [4.69, 9.17) is 13.9 Å². The van der Waals surface area contributed by atoms with Crippen molar-refractivity contribution in [2.24, 2.45) is 23.7 Å². The van der Waals surface area contributed by atoms with Crippen LogP contribution in [0, 0.1) is 23.7 Å². The summed E-state index contributed by atoms with van der Waals surface area (Å²) in [6.07, 6.45) is 3.17. The first-order valence-corrected chi connectivity index (χ1v) is 14.5. The van der Waals surface area contributed by atoms with Gasteiger partial charge in [-0.05, 0) is 96.8 Å². The lowest BCUT2D eigenvalue weighted by atomic mass is 9.73. The van der Waals surface area contributed by atoms with Crippen molar-refractivity contribution in [2.45, 2.75) is 18.8 Å². The van der Waals surface area contributed by atoms with Gasteiger partial charge in [0.15, 0.2) is 12.4 Å². The molecule has 3 fully saturated rings. The standard InChI is InChI=1S/C35H27NO8/c37-28(21-10-14-25(15-11-21)44-35(41)29-7-4-16-42-29)19-43-34(40)22-8-12-24(13-9-22)36-32(38)30-23-17-26(20-5-2-1-3-6-20)27(18-23)31(30)33(36)39/h1-16,23,26-27,30-31H,17-19H2/t23-,26+,27+,30-,31-/m1/s1. The maximum absolute atomic E-state index is 13.6. The van der Waals surface area contributed by atoms with Crippen molar-refractivity contribution in [1.29, 1.82) is 0 Å². The summed E-state index contributed by atoms with van der Waals surface area (Å²) in [5.74, 6) is -1.88. The molecule has 2 aliphatic carbocycles. The second kappa shape index (κ2) is 11.1. The summed E-state index contributed by atoms with van der Waals surface area (Å²) in [5.41, 5.74) is 2.10. The van der Waals surface area contributed by atoms with E-state index < -0.39 is 24.3 Å². The molecule has 4 aromatic rings. The third-order valence-corrected chi connectivity index (χ3v) is 9.05. The molecular formula is C35H27NO8. The van der Waals surface area contributed by atoms with Crippen molar-refractivity contribution >= 4 is 35.2 Å². The number of ketones is 1.